The quantitative estimate of drug-likeness (QED) is 0.758. The van der Waals surface area contributed by atoms with Crippen molar-refractivity contribution in [3.8, 4) is 0 Å². The second-order valence-electron chi connectivity index (χ2n) is 5.10. The minimum atomic E-state index is -0.261. The van der Waals surface area contributed by atoms with Crippen molar-refractivity contribution in [1.82, 2.24) is 25.2 Å². The highest BCUT2D eigenvalue weighted by Gasteiger charge is 2.19. The van der Waals surface area contributed by atoms with E-state index < -0.39 is 0 Å². The van der Waals surface area contributed by atoms with Crippen LogP contribution in [0.25, 0.3) is 0 Å². The van der Waals surface area contributed by atoms with Crippen LogP contribution >= 0.6 is 35.0 Å². The number of carbonyl (C=O) groups excluding carboxylic acids is 1. The third-order valence-corrected chi connectivity index (χ3v) is 4.75. The second kappa shape index (κ2) is 8.11. The Morgan fingerprint density at radius 2 is 2.38 bits per heavy atom. The van der Waals surface area contributed by atoms with Crippen molar-refractivity contribution < 1.29 is 9.53 Å². The molecule has 0 saturated carbocycles. The first-order valence-corrected chi connectivity index (χ1v) is 8.97. The normalized spacial score (nSPS) is 17.2. The minimum absolute atomic E-state index is 0.124. The van der Waals surface area contributed by atoms with Gasteiger partial charge in [0.25, 0.3) is 0 Å². The lowest BCUT2D eigenvalue weighted by atomic mass is 10.2. The number of aromatic nitrogens is 5. The van der Waals surface area contributed by atoms with E-state index in [-0.39, 0.29) is 28.6 Å². The topological polar surface area (TPSA) is 94.8 Å². The molecule has 0 aromatic carbocycles. The van der Waals surface area contributed by atoms with Gasteiger partial charge >= 0.3 is 0 Å². The highest BCUT2D eigenvalue weighted by Crippen LogP contribution is 2.23. The maximum Gasteiger partial charge on any atom is 0.236 e. The van der Waals surface area contributed by atoms with Crippen LogP contribution in [0.3, 0.4) is 0 Å². The molecular formula is C13H14Cl2N6O2S. The zero-order valence-corrected chi connectivity index (χ0v) is 14.8. The van der Waals surface area contributed by atoms with Gasteiger partial charge in [0.15, 0.2) is 5.82 Å². The fourth-order valence-corrected chi connectivity index (χ4v) is 3.31. The summed E-state index contributed by atoms with van der Waals surface area (Å²) in [6.45, 7) is 1.36. The van der Waals surface area contributed by atoms with E-state index >= 15 is 0 Å². The van der Waals surface area contributed by atoms with Crippen LogP contribution in [0.5, 0.6) is 0 Å². The third-order valence-electron chi connectivity index (χ3n) is 3.30. The van der Waals surface area contributed by atoms with Crippen molar-refractivity contribution in [2.45, 2.75) is 30.6 Å². The molecule has 3 heterocycles. The first-order valence-electron chi connectivity index (χ1n) is 7.23. The highest BCUT2D eigenvalue weighted by atomic mass is 35.5. The van der Waals surface area contributed by atoms with Crippen LogP contribution in [0.15, 0.2) is 17.4 Å². The van der Waals surface area contributed by atoms with Crippen LogP contribution in [0, 0.1) is 0 Å². The number of hydrogen-bond acceptors (Lipinski definition) is 7. The van der Waals surface area contributed by atoms with E-state index in [2.05, 4.69) is 25.8 Å². The molecule has 1 atom stereocenters. The van der Waals surface area contributed by atoms with Gasteiger partial charge in [-0.25, -0.2) is 9.67 Å². The predicted octanol–water partition coefficient (Wildman–Crippen LogP) is 2.28. The van der Waals surface area contributed by atoms with E-state index in [9.17, 15) is 4.79 Å². The number of thioether (sulfide) groups is 1. The first kappa shape index (κ1) is 17.4. The number of nitrogens with zero attached hydrogens (tertiary/aromatic N) is 5. The van der Waals surface area contributed by atoms with Crippen LogP contribution in [0.2, 0.25) is 10.0 Å². The Morgan fingerprint density at radius 1 is 1.50 bits per heavy atom. The lowest BCUT2D eigenvalue weighted by Crippen LogP contribution is -2.18. The zero-order chi connectivity index (χ0) is 16.9. The van der Waals surface area contributed by atoms with Gasteiger partial charge in [-0.05, 0) is 29.3 Å². The lowest BCUT2D eigenvalue weighted by Gasteiger charge is -2.10. The van der Waals surface area contributed by atoms with E-state index in [1.807, 2.05) is 0 Å². The smallest absolute Gasteiger partial charge is 0.236 e. The van der Waals surface area contributed by atoms with E-state index in [0.717, 1.165) is 19.4 Å². The number of halogens is 2. The molecule has 1 N–H and O–H groups in total. The SMILES string of the molecule is O=C(CSc1nnnn1CC1CCCO1)Nc1ncc(Cl)cc1Cl. The van der Waals surface area contributed by atoms with Crippen molar-refractivity contribution in [1.29, 1.82) is 0 Å². The summed E-state index contributed by atoms with van der Waals surface area (Å²) >= 11 is 13.0. The molecule has 11 heteroatoms. The summed E-state index contributed by atoms with van der Waals surface area (Å²) in [6, 6.07) is 1.51. The van der Waals surface area contributed by atoms with Gasteiger partial charge < -0.3 is 10.1 Å². The first-order chi connectivity index (χ1) is 11.6. The molecule has 0 bridgehead atoms. The number of ether oxygens (including phenoxy) is 1. The van der Waals surface area contributed by atoms with Gasteiger partial charge in [0.05, 0.1) is 28.4 Å². The van der Waals surface area contributed by atoms with Gasteiger partial charge in [0.1, 0.15) is 0 Å². The van der Waals surface area contributed by atoms with Gasteiger partial charge in [0, 0.05) is 12.8 Å². The molecule has 1 saturated heterocycles. The number of nitrogens with one attached hydrogen (secondary N) is 1. The molecule has 1 aliphatic rings. The molecule has 1 fully saturated rings. The molecule has 3 rings (SSSR count). The molecular weight excluding hydrogens is 375 g/mol. The molecule has 128 valence electrons. The Morgan fingerprint density at radius 3 is 3.12 bits per heavy atom. The standard InChI is InChI=1S/C13H14Cl2N6O2S/c14-8-4-10(15)12(16-5-8)17-11(22)7-24-13-18-19-20-21(13)6-9-2-1-3-23-9/h4-5,9H,1-3,6-7H2,(H,16,17,22). The van der Waals surface area contributed by atoms with Gasteiger partial charge in [0.2, 0.25) is 11.1 Å². The molecule has 1 amide bonds. The molecule has 8 nitrogen and oxygen atoms in total. The Balaban J connectivity index is 1.53. The summed E-state index contributed by atoms with van der Waals surface area (Å²) in [4.78, 5) is 16.0. The maximum atomic E-state index is 12.0. The lowest BCUT2D eigenvalue weighted by molar-refractivity contribution is -0.113. The van der Waals surface area contributed by atoms with Crippen LogP contribution in [-0.4, -0.2) is 49.6 Å². The number of carbonyl (C=O) groups is 1. The van der Waals surface area contributed by atoms with E-state index in [4.69, 9.17) is 27.9 Å². The number of amides is 1. The second-order valence-corrected chi connectivity index (χ2v) is 6.89. The minimum Gasteiger partial charge on any atom is -0.376 e. The third kappa shape index (κ3) is 4.56. The number of pyridine rings is 1. The van der Waals surface area contributed by atoms with Crippen molar-refractivity contribution >= 4 is 46.7 Å². The Kier molecular flexibility index (Phi) is 5.88. The van der Waals surface area contributed by atoms with Crippen molar-refractivity contribution in [2.75, 3.05) is 17.7 Å². The monoisotopic (exact) mass is 388 g/mol. The number of hydrogen-bond donors (Lipinski definition) is 1. The molecule has 2 aromatic heterocycles. The summed E-state index contributed by atoms with van der Waals surface area (Å²) in [6.07, 6.45) is 3.58. The summed E-state index contributed by atoms with van der Waals surface area (Å²) in [5, 5.41) is 15.4. The highest BCUT2D eigenvalue weighted by molar-refractivity contribution is 7.99. The number of rotatable bonds is 6. The van der Waals surface area contributed by atoms with Crippen LogP contribution in [0.4, 0.5) is 5.82 Å². The number of tetrazole rings is 1. The fraction of sp³-hybridized carbons (Fsp3) is 0.462. The summed E-state index contributed by atoms with van der Waals surface area (Å²) in [5.41, 5.74) is 0. The Labute approximate surface area is 152 Å². The molecule has 0 spiro atoms. The molecule has 0 aliphatic carbocycles. The molecule has 24 heavy (non-hydrogen) atoms. The van der Waals surface area contributed by atoms with Gasteiger partial charge in [-0.15, -0.1) is 5.10 Å². The largest absolute Gasteiger partial charge is 0.376 e. The van der Waals surface area contributed by atoms with E-state index in [1.54, 1.807) is 4.68 Å². The van der Waals surface area contributed by atoms with Gasteiger partial charge in [-0.1, -0.05) is 35.0 Å². The number of anilines is 1. The Bertz CT molecular complexity index is 722. The summed E-state index contributed by atoms with van der Waals surface area (Å²) in [5.74, 6) is 0.140. The van der Waals surface area contributed by atoms with Crippen molar-refractivity contribution in [3.63, 3.8) is 0 Å². The van der Waals surface area contributed by atoms with Gasteiger partial charge in [-0.3, -0.25) is 4.79 Å². The van der Waals surface area contributed by atoms with Crippen molar-refractivity contribution in [3.05, 3.63) is 22.3 Å². The van der Waals surface area contributed by atoms with Crippen LogP contribution in [0.1, 0.15) is 12.8 Å². The molecule has 2 aromatic rings. The summed E-state index contributed by atoms with van der Waals surface area (Å²) in [7, 11) is 0. The average Bonchev–Trinajstić information content (AvgIpc) is 3.20. The van der Waals surface area contributed by atoms with Crippen LogP contribution < -0.4 is 5.32 Å². The maximum absolute atomic E-state index is 12.0. The summed E-state index contributed by atoms with van der Waals surface area (Å²) < 4.78 is 7.22. The van der Waals surface area contributed by atoms with Gasteiger partial charge in [-0.2, -0.15) is 0 Å². The Hall–Kier alpha value is -1.42. The fourth-order valence-electron chi connectivity index (χ4n) is 2.20. The average molecular weight is 389 g/mol. The van der Waals surface area contributed by atoms with E-state index in [0.29, 0.717) is 16.7 Å². The van der Waals surface area contributed by atoms with Crippen LogP contribution in [-0.2, 0) is 16.1 Å². The van der Waals surface area contributed by atoms with E-state index in [1.165, 1.54) is 24.0 Å². The zero-order valence-electron chi connectivity index (χ0n) is 12.5. The molecule has 1 unspecified atom stereocenters. The predicted molar refractivity (Wildman–Crippen MR) is 90.4 cm³/mol. The molecule has 0 radical (unpaired) electrons. The molecule has 1 aliphatic heterocycles. The van der Waals surface area contributed by atoms with Crippen molar-refractivity contribution in [2.24, 2.45) is 0 Å².